The topological polar surface area (TPSA) is 9.72 Å². The highest BCUT2D eigenvalue weighted by Crippen LogP contribution is 2.36. The van der Waals surface area contributed by atoms with Crippen molar-refractivity contribution in [3.05, 3.63) is 180 Å². The van der Waals surface area contributed by atoms with Gasteiger partial charge in [-0.2, -0.15) is 0 Å². The number of hydrogen-bond acceptors (Lipinski definition) is 3. The molecule has 0 bridgehead atoms. The van der Waals surface area contributed by atoms with Gasteiger partial charge in [0, 0.05) is 47.2 Å². The third-order valence-electron chi connectivity index (χ3n) is 7.84. The fourth-order valence-corrected chi connectivity index (χ4v) is 5.76. The van der Waals surface area contributed by atoms with Crippen LogP contribution >= 0.6 is 0 Å². The zero-order chi connectivity index (χ0) is 30.3. The van der Waals surface area contributed by atoms with Crippen LogP contribution in [0.4, 0.5) is 34.1 Å². The molecule has 6 aromatic rings. The van der Waals surface area contributed by atoms with Crippen molar-refractivity contribution in [3.8, 4) is 0 Å². The van der Waals surface area contributed by atoms with E-state index in [9.17, 15) is 0 Å². The van der Waals surface area contributed by atoms with Gasteiger partial charge >= 0.3 is 0 Å². The van der Waals surface area contributed by atoms with Gasteiger partial charge in [-0.15, -0.1) is 0 Å². The summed E-state index contributed by atoms with van der Waals surface area (Å²) in [7, 11) is 2.19. The van der Waals surface area contributed by atoms with E-state index in [1.54, 1.807) is 0 Å². The lowest BCUT2D eigenvalue weighted by Gasteiger charge is -2.26. The van der Waals surface area contributed by atoms with Crippen LogP contribution in [0.2, 0.25) is 0 Å². The Morgan fingerprint density at radius 2 is 0.705 bits per heavy atom. The molecule has 0 spiro atoms. The summed E-state index contributed by atoms with van der Waals surface area (Å²) in [6.07, 6.45) is 0. The Kier molecular flexibility index (Phi) is 8.86. The lowest BCUT2D eigenvalue weighted by atomic mass is 10.1. The fourth-order valence-electron chi connectivity index (χ4n) is 5.76. The predicted octanol–water partition coefficient (Wildman–Crippen LogP) is 10.9. The van der Waals surface area contributed by atoms with Gasteiger partial charge in [-0.3, -0.25) is 4.90 Å². The van der Waals surface area contributed by atoms with E-state index in [0.717, 1.165) is 47.2 Å². The van der Waals surface area contributed by atoms with Crippen molar-refractivity contribution in [3.63, 3.8) is 0 Å². The maximum atomic E-state index is 2.37. The molecule has 0 aliphatic carbocycles. The molecule has 0 saturated heterocycles. The third kappa shape index (κ3) is 6.91. The van der Waals surface area contributed by atoms with Crippen LogP contribution in [-0.2, 0) is 13.1 Å². The maximum Gasteiger partial charge on any atom is 0.0464 e. The molecular weight excluding hydrogens is 534 g/mol. The molecule has 3 nitrogen and oxygen atoms in total. The van der Waals surface area contributed by atoms with Crippen LogP contribution in [0.5, 0.6) is 0 Å². The van der Waals surface area contributed by atoms with Crippen LogP contribution in [0.15, 0.2) is 158 Å². The van der Waals surface area contributed by atoms with Gasteiger partial charge in [0.2, 0.25) is 0 Å². The Labute approximate surface area is 262 Å². The second-order valence-corrected chi connectivity index (χ2v) is 11.5. The molecular formula is C41H39N3. The van der Waals surface area contributed by atoms with Crippen LogP contribution in [0.1, 0.15) is 22.3 Å². The second kappa shape index (κ2) is 13.5. The number of para-hydroxylation sites is 2. The zero-order valence-electron chi connectivity index (χ0n) is 25.8. The van der Waals surface area contributed by atoms with E-state index in [1.807, 2.05) is 0 Å². The molecule has 0 fully saturated rings. The van der Waals surface area contributed by atoms with Gasteiger partial charge in [0.15, 0.2) is 0 Å². The van der Waals surface area contributed by atoms with E-state index < -0.39 is 0 Å². The molecule has 0 atom stereocenters. The molecule has 0 heterocycles. The van der Waals surface area contributed by atoms with Crippen LogP contribution in [0.3, 0.4) is 0 Å². The summed E-state index contributed by atoms with van der Waals surface area (Å²) in [4.78, 5) is 7.00. The Morgan fingerprint density at radius 1 is 0.364 bits per heavy atom. The van der Waals surface area contributed by atoms with Crippen molar-refractivity contribution in [1.82, 2.24) is 4.90 Å². The van der Waals surface area contributed by atoms with Gasteiger partial charge in [-0.1, -0.05) is 84.9 Å². The quantitative estimate of drug-likeness (QED) is 0.161. The van der Waals surface area contributed by atoms with Gasteiger partial charge in [0.25, 0.3) is 0 Å². The summed E-state index contributed by atoms with van der Waals surface area (Å²) >= 11 is 0. The minimum absolute atomic E-state index is 0.872. The first-order chi connectivity index (χ1) is 21.5. The van der Waals surface area contributed by atoms with Crippen molar-refractivity contribution in [2.45, 2.75) is 26.9 Å². The number of rotatable bonds is 10. The average molecular weight is 574 g/mol. The molecule has 0 aliphatic heterocycles. The highest BCUT2D eigenvalue weighted by atomic mass is 15.1. The van der Waals surface area contributed by atoms with Gasteiger partial charge in [0.05, 0.1) is 0 Å². The van der Waals surface area contributed by atoms with Crippen molar-refractivity contribution in [2.75, 3.05) is 16.8 Å². The normalized spacial score (nSPS) is 11.0. The number of nitrogens with zero attached hydrogens (tertiary/aromatic N) is 3. The molecule has 0 radical (unpaired) electrons. The van der Waals surface area contributed by atoms with Gasteiger partial charge in [-0.05, 0) is 116 Å². The van der Waals surface area contributed by atoms with Gasteiger partial charge in [0.1, 0.15) is 0 Å². The highest BCUT2D eigenvalue weighted by molar-refractivity contribution is 5.78. The molecule has 218 valence electrons. The Bertz CT molecular complexity index is 1640. The van der Waals surface area contributed by atoms with Gasteiger partial charge in [-0.25, -0.2) is 0 Å². The predicted molar refractivity (Wildman–Crippen MR) is 187 cm³/mol. The fraction of sp³-hybridized carbons (Fsp3) is 0.122. The SMILES string of the molecule is Cc1cccc(N(c2ccccc2)c2ccc(CN(C)Cc3ccc(N(c4ccccc4)c4cccc(C)c4)cc3)cc2)c1. The monoisotopic (exact) mass is 573 g/mol. The van der Waals surface area contributed by atoms with Gasteiger partial charge < -0.3 is 9.80 Å². The minimum atomic E-state index is 0.872. The van der Waals surface area contributed by atoms with Crippen molar-refractivity contribution in [1.29, 1.82) is 0 Å². The lowest BCUT2D eigenvalue weighted by Crippen LogP contribution is -2.17. The van der Waals surface area contributed by atoms with Crippen LogP contribution < -0.4 is 9.80 Å². The van der Waals surface area contributed by atoms with E-state index in [-0.39, 0.29) is 0 Å². The smallest absolute Gasteiger partial charge is 0.0464 e. The molecule has 0 amide bonds. The Hall–Kier alpha value is -5.12. The molecule has 44 heavy (non-hydrogen) atoms. The number of aryl methyl sites for hydroxylation is 2. The van der Waals surface area contributed by atoms with Crippen LogP contribution in [0, 0.1) is 13.8 Å². The largest absolute Gasteiger partial charge is 0.310 e. The number of benzene rings is 6. The first-order valence-electron chi connectivity index (χ1n) is 15.2. The molecule has 0 aliphatic rings. The zero-order valence-corrected chi connectivity index (χ0v) is 25.8. The Morgan fingerprint density at radius 3 is 1.07 bits per heavy atom. The molecule has 6 aromatic carbocycles. The summed E-state index contributed by atoms with van der Waals surface area (Å²) in [6.45, 7) is 6.03. The maximum absolute atomic E-state index is 2.37. The molecule has 0 N–H and O–H groups in total. The van der Waals surface area contributed by atoms with Crippen molar-refractivity contribution >= 4 is 34.1 Å². The standard InChI is InChI=1S/C41H39N3/c1-32-12-10-18-40(28-32)43(36-14-6-4-7-15-36)38-24-20-34(21-25-38)30-42(3)31-35-22-26-39(27-23-35)44(37-16-8-5-9-17-37)41-19-11-13-33(2)29-41/h4-29H,30-31H2,1-3H3. The summed E-state index contributed by atoms with van der Waals surface area (Å²) in [5, 5.41) is 0. The highest BCUT2D eigenvalue weighted by Gasteiger charge is 2.14. The van der Waals surface area contributed by atoms with E-state index >= 15 is 0 Å². The third-order valence-corrected chi connectivity index (χ3v) is 7.84. The van der Waals surface area contributed by atoms with Crippen molar-refractivity contribution < 1.29 is 0 Å². The number of anilines is 6. The second-order valence-electron chi connectivity index (χ2n) is 11.5. The van der Waals surface area contributed by atoms with Crippen LogP contribution in [0.25, 0.3) is 0 Å². The number of hydrogen-bond donors (Lipinski definition) is 0. The Balaban J connectivity index is 1.16. The molecule has 0 aromatic heterocycles. The summed E-state index contributed by atoms with van der Waals surface area (Å²) < 4.78 is 0. The summed E-state index contributed by atoms with van der Waals surface area (Å²) in [5.41, 5.74) is 12.0. The first kappa shape index (κ1) is 29.0. The van der Waals surface area contributed by atoms with E-state index in [1.165, 1.54) is 22.3 Å². The summed E-state index contributed by atoms with van der Waals surface area (Å²) in [6, 6.07) is 56.4. The van der Waals surface area contributed by atoms with Crippen molar-refractivity contribution in [2.24, 2.45) is 0 Å². The molecule has 6 rings (SSSR count). The van der Waals surface area contributed by atoms with Crippen LogP contribution in [-0.4, -0.2) is 11.9 Å². The van der Waals surface area contributed by atoms with E-state index in [2.05, 4.69) is 193 Å². The van der Waals surface area contributed by atoms with E-state index in [4.69, 9.17) is 0 Å². The lowest BCUT2D eigenvalue weighted by molar-refractivity contribution is 0.319. The average Bonchev–Trinajstić information content (AvgIpc) is 3.04. The molecule has 0 unspecified atom stereocenters. The van der Waals surface area contributed by atoms with E-state index in [0.29, 0.717) is 0 Å². The molecule has 0 saturated carbocycles. The first-order valence-corrected chi connectivity index (χ1v) is 15.2. The summed E-state index contributed by atoms with van der Waals surface area (Å²) in [5.74, 6) is 0. The molecule has 3 heteroatoms. The minimum Gasteiger partial charge on any atom is -0.310 e.